The molecule has 2 aromatic heterocycles. The van der Waals surface area contributed by atoms with E-state index in [1.807, 2.05) is 18.2 Å². The van der Waals surface area contributed by atoms with Gasteiger partial charge in [-0.1, -0.05) is 31.5 Å². The molecule has 5 rings (SSSR count). The molecule has 0 spiro atoms. The number of imidazole rings is 1. The van der Waals surface area contributed by atoms with E-state index in [0.29, 0.717) is 40.4 Å². The molecule has 10 nitrogen and oxygen atoms in total. The second kappa shape index (κ2) is 9.30. The zero-order chi connectivity index (χ0) is 25.6. The van der Waals surface area contributed by atoms with Gasteiger partial charge in [0, 0.05) is 29.5 Å². The third-order valence-electron chi connectivity index (χ3n) is 6.32. The number of anilines is 1. The number of carbonyl (C=O) groups excluding carboxylic acids is 1. The lowest BCUT2D eigenvalue weighted by Crippen LogP contribution is -2.57. The van der Waals surface area contributed by atoms with Gasteiger partial charge in [-0.25, -0.2) is 23.4 Å². The summed E-state index contributed by atoms with van der Waals surface area (Å²) >= 11 is 6.03. The molecule has 36 heavy (non-hydrogen) atoms. The summed E-state index contributed by atoms with van der Waals surface area (Å²) in [5, 5.41) is 1.02. The topological polar surface area (TPSA) is 138 Å². The number of sulfonamides is 1. The number of rotatable bonds is 6. The van der Waals surface area contributed by atoms with E-state index in [0.717, 1.165) is 10.9 Å². The van der Waals surface area contributed by atoms with E-state index in [-0.39, 0.29) is 36.1 Å². The Balaban J connectivity index is 1.43. The fourth-order valence-electron chi connectivity index (χ4n) is 4.61. The first kappa shape index (κ1) is 24.4. The minimum absolute atomic E-state index is 0.173. The number of H-pyrrole nitrogens is 1. The maximum Gasteiger partial charge on any atom is 0.277 e. The van der Waals surface area contributed by atoms with Gasteiger partial charge in [0.25, 0.3) is 10.0 Å². The van der Waals surface area contributed by atoms with E-state index in [2.05, 4.69) is 33.8 Å². The average molecular weight is 528 g/mol. The highest BCUT2D eigenvalue weighted by atomic mass is 35.5. The Kier molecular flexibility index (Phi) is 6.31. The van der Waals surface area contributed by atoms with Crippen molar-refractivity contribution in [2.75, 3.05) is 18.8 Å². The number of aromatic amines is 1. The first-order valence-corrected chi connectivity index (χ1v) is 13.4. The molecule has 0 bridgehead atoms. The van der Waals surface area contributed by atoms with Crippen LogP contribution in [0.3, 0.4) is 0 Å². The third kappa shape index (κ3) is 4.61. The van der Waals surface area contributed by atoms with E-state index in [1.165, 1.54) is 10.6 Å². The van der Waals surface area contributed by atoms with Crippen LogP contribution in [-0.4, -0.2) is 62.6 Å². The largest absolute Gasteiger partial charge is 0.383 e. The van der Waals surface area contributed by atoms with Gasteiger partial charge in [-0.15, -0.1) is 0 Å². The SMILES string of the molecule is CC(C)C[C@@H]1CN(S(=O)(=O)c2nc3ccc(Cl)cc3[nH]2)CC(=O)N1Cc1ccc2c(N)ncnc2c1. The number of fused-ring (bicyclic) bond motifs is 2. The molecule has 3 heterocycles. The molecule has 12 heteroatoms. The van der Waals surface area contributed by atoms with Crippen molar-refractivity contribution in [2.24, 2.45) is 5.92 Å². The van der Waals surface area contributed by atoms with Crippen LogP contribution in [0.15, 0.2) is 47.9 Å². The highest BCUT2D eigenvalue weighted by Crippen LogP contribution is 2.27. The number of benzene rings is 2. The number of nitrogens with zero attached hydrogens (tertiary/aromatic N) is 5. The number of carbonyl (C=O) groups is 1. The smallest absolute Gasteiger partial charge is 0.277 e. The third-order valence-corrected chi connectivity index (χ3v) is 8.20. The molecule has 188 valence electrons. The van der Waals surface area contributed by atoms with E-state index in [1.54, 1.807) is 23.1 Å². The molecule has 2 aromatic carbocycles. The van der Waals surface area contributed by atoms with Crippen LogP contribution in [-0.2, 0) is 21.4 Å². The van der Waals surface area contributed by atoms with Crippen molar-refractivity contribution in [3.8, 4) is 0 Å². The fourth-order valence-corrected chi connectivity index (χ4v) is 6.13. The minimum Gasteiger partial charge on any atom is -0.383 e. The zero-order valence-corrected chi connectivity index (χ0v) is 21.4. The number of nitrogens with one attached hydrogen (secondary N) is 1. The van der Waals surface area contributed by atoms with E-state index in [4.69, 9.17) is 17.3 Å². The number of hydrogen-bond donors (Lipinski definition) is 2. The number of aromatic nitrogens is 4. The van der Waals surface area contributed by atoms with Crippen LogP contribution < -0.4 is 5.73 Å². The quantitative estimate of drug-likeness (QED) is 0.392. The minimum atomic E-state index is -4.02. The van der Waals surface area contributed by atoms with Gasteiger partial charge in [0.05, 0.1) is 23.1 Å². The van der Waals surface area contributed by atoms with Crippen LogP contribution in [0.1, 0.15) is 25.8 Å². The number of amides is 1. The summed E-state index contributed by atoms with van der Waals surface area (Å²) in [5.41, 5.74) is 8.52. The first-order valence-electron chi connectivity index (χ1n) is 11.6. The molecule has 1 fully saturated rings. The van der Waals surface area contributed by atoms with Gasteiger partial charge in [0.15, 0.2) is 0 Å². The molecule has 0 radical (unpaired) electrons. The highest BCUT2D eigenvalue weighted by molar-refractivity contribution is 7.89. The molecule has 1 aliphatic heterocycles. The molecular formula is C24H26ClN7O3S. The lowest BCUT2D eigenvalue weighted by molar-refractivity contribution is -0.138. The van der Waals surface area contributed by atoms with E-state index >= 15 is 0 Å². The second-order valence-corrected chi connectivity index (χ2v) is 11.7. The van der Waals surface area contributed by atoms with Crippen LogP contribution in [0, 0.1) is 5.92 Å². The molecule has 0 unspecified atom stereocenters. The van der Waals surface area contributed by atoms with Gasteiger partial charge in [-0.05, 0) is 48.2 Å². The van der Waals surface area contributed by atoms with Gasteiger partial charge in [-0.3, -0.25) is 4.79 Å². The Morgan fingerprint density at radius 1 is 1.17 bits per heavy atom. The summed E-state index contributed by atoms with van der Waals surface area (Å²) in [6.07, 6.45) is 2.06. The Hall–Kier alpha value is -3.28. The van der Waals surface area contributed by atoms with Gasteiger partial charge >= 0.3 is 0 Å². The summed E-state index contributed by atoms with van der Waals surface area (Å²) in [4.78, 5) is 30.5. The highest BCUT2D eigenvalue weighted by Gasteiger charge is 2.40. The number of hydrogen-bond acceptors (Lipinski definition) is 7. The standard InChI is InChI=1S/C24H26ClN7O3S/c1-14(2)7-17-11-31(36(34,35)24-29-19-6-4-16(25)9-21(19)30-24)12-22(33)32(17)10-15-3-5-18-20(8-15)27-13-28-23(18)26/h3-6,8-9,13-14,17H,7,10-12H2,1-2H3,(H,29,30)(H2,26,27,28)/t17-/m1/s1. The second-order valence-electron chi connectivity index (χ2n) is 9.42. The van der Waals surface area contributed by atoms with Crippen molar-refractivity contribution in [1.82, 2.24) is 29.1 Å². The van der Waals surface area contributed by atoms with Crippen molar-refractivity contribution in [3.05, 3.63) is 53.3 Å². The van der Waals surface area contributed by atoms with Gasteiger partial charge in [0.1, 0.15) is 12.1 Å². The lowest BCUT2D eigenvalue weighted by Gasteiger charge is -2.41. The summed E-state index contributed by atoms with van der Waals surface area (Å²) < 4.78 is 28.1. The number of halogens is 1. The zero-order valence-electron chi connectivity index (χ0n) is 19.8. The van der Waals surface area contributed by atoms with Crippen LogP contribution in [0.2, 0.25) is 5.02 Å². The monoisotopic (exact) mass is 527 g/mol. The molecule has 1 saturated heterocycles. The Morgan fingerprint density at radius 3 is 2.75 bits per heavy atom. The van der Waals surface area contributed by atoms with Crippen molar-refractivity contribution in [2.45, 2.75) is 38.0 Å². The predicted octanol–water partition coefficient (Wildman–Crippen LogP) is 3.19. The number of piperazine rings is 1. The average Bonchev–Trinajstić information content (AvgIpc) is 3.25. The van der Waals surface area contributed by atoms with Crippen molar-refractivity contribution >= 4 is 55.3 Å². The molecule has 4 aromatic rings. The predicted molar refractivity (Wildman–Crippen MR) is 138 cm³/mol. The van der Waals surface area contributed by atoms with Gasteiger partial charge < -0.3 is 15.6 Å². The molecule has 1 atom stereocenters. The molecule has 0 saturated carbocycles. The van der Waals surface area contributed by atoms with E-state index in [9.17, 15) is 13.2 Å². The summed E-state index contributed by atoms with van der Waals surface area (Å²) in [6.45, 7) is 4.35. The Bertz CT molecular complexity index is 1570. The maximum absolute atomic E-state index is 13.5. The van der Waals surface area contributed by atoms with Crippen LogP contribution in [0.4, 0.5) is 5.82 Å². The number of nitrogen functional groups attached to an aromatic ring is 1. The van der Waals surface area contributed by atoms with Gasteiger partial charge in [0.2, 0.25) is 11.1 Å². The molecular weight excluding hydrogens is 502 g/mol. The molecule has 1 amide bonds. The normalized spacial score (nSPS) is 17.5. The fraction of sp³-hybridized carbons (Fsp3) is 0.333. The van der Waals surface area contributed by atoms with Crippen LogP contribution >= 0.6 is 11.6 Å². The van der Waals surface area contributed by atoms with Crippen molar-refractivity contribution in [3.63, 3.8) is 0 Å². The van der Waals surface area contributed by atoms with Crippen molar-refractivity contribution in [1.29, 1.82) is 0 Å². The number of nitrogens with two attached hydrogens (primary N) is 1. The molecule has 3 N–H and O–H groups in total. The van der Waals surface area contributed by atoms with E-state index < -0.39 is 10.0 Å². The van der Waals surface area contributed by atoms with Crippen molar-refractivity contribution < 1.29 is 13.2 Å². The summed E-state index contributed by atoms with van der Waals surface area (Å²) in [7, 11) is -4.02. The van der Waals surface area contributed by atoms with Crippen LogP contribution in [0.25, 0.3) is 21.9 Å². The Morgan fingerprint density at radius 2 is 1.97 bits per heavy atom. The van der Waals surface area contributed by atoms with Gasteiger partial charge in [-0.2, -0.15) is 4.31 Å². The first-order chi connectivity index (χ1) is 17.1. The Labute approximate surface area is 213 Å². The summed E-state index contributed by atoms with van der Waals surface area (Å²) in [6, 6.07) is 10.2. The van der Waals surface area contributed by atoms with Crippen LogP contribution in [0.5, 0.6) is 0 Å². The summed E-state index contributed by atoms with van der Waals surface area (Å²) in [5.74, 6) is 0.384. The lowest BCUT2D eigenvalue weighted by atomic mass is 9.99. The molecule has 1 aliphatic rings. The maximum atomic E-state index is 13.5. The molecule has 0 aliphatic carbocycles.